The molecule has 0 saturated heterocycles. The molecule has 84 valence electrons. The summed E-state index contributed by atoms with van der Waals surface area (Å²) in [5, 5.41) is 3.66. The molecule has 0 heterocycles. The van der Waals surface area contributed by atoms with Crippen molar-refractivity contribution in [3.05, 3.63) is 0 Å². The zero-order chi connectivity index (χ0) is 10.4. The highest BCUT2D eigenvalue weighted by atomic mass is 16.5. The van der Waals surface area contributed by atoms with Gasteiger partial charge in [0, 0.05) is 13.2 Å². The predicted octanol–water partition coefficient (Wildman–Crippen LogP) is 2.58. The van der Waals surface area contributed by atoms with Gasteiger partial charge in [0.05, 0.1) is 6.10 Å². The van der Waals surface area contributed by atoms with Crippen molar-refractivity contribution in [3.63, 3.8) is 0 Å². The van der Waals surface area contributed by atoms with Crippen LogP contribution in [0, 0.1) is 5.92 Å². The van der Waals surface area contributed by atoms with Gasteiger partial charge in [-0.1, -0.05) is 26.7 Å². The van der Waals surface area contributed by atoms with Crippen molar-refractivity contribution in [2.75, 3.05) is 13.7 Å². The van der Waals surface area contributed by atoms with Crippen molar-refractivity contribution in [1.29, 1.82) is 0 Å². The van der Waals surface area contributed by atoms with E-state index in [1.54, 1.807) is 0 Å². The van der Waals surface area contributed by atoms with Crippen molar-refractivity contribution in [2.45, 2.75) is 58.1 Å². The van der Waals surface area contributed by atoms with Gasteiger partial charge in [0.15, 0.2) is 0 Å². The Bertz CT molecular complexity index is 145. The lowest BCUT2D eigenvalue weighted by Crippen LogP contribution is -2.39. The second kappa shape index (κ2) is 6.41. The lowest BCUT2D eigenvalue weighted by molar-refractivity contribution is 0.0837. The molecule has 1 rings (SSSR count). The number of methoxy groups -OCH3 is 1. The first-order valence-corrected chi connectivity index (χ1v) is 6.07. The Hall–Kier alpha value is -0.0800. The molecule has 1 saturated carbocycles. The summed E-state index contributed by atoms with van der Waals surface area (Å²) in [5.41, 5.74) is 0. The highest BCUT2D eigenvalue weighted by Gasteiger charge is 2.26. The van der Waals surface area contributed by atoms with E-state index < -0.39 is 0 Å². The van der Waals surface area contributed by atoms with Crippen LogP contribution in [-0.2, 0) is 4.74 Å². The molecule has 2 nitrogen and oxygen atoms in total. The fraction of sp³-hybridized carbons (Fsp3) is 1.00. The second-order valence-electron chi connectivity index (χ2n) is 4.40. The summed E-state index contributed by atoms with van der Waals surface area (Å²) in [5.74, 6) is 0.841. The van der Waals surface area contributed by atoms with Gasteiger partial charge in [-0.3, -0.25) is 0 Å². The van der Waals surface area contributed by atoms with Gasteiger partial charge in [-0.25, -0.2) is 0 Å². The Labute approximate surface area is 88.4 Å². The zero-order valence-electron chi connectivity index (χ0n) is 9.88. The SMILES string of the molecule is CCC(CC)CNC1CCCC1OC. The number of hydrogen-bond donors (Lipinski definition) is 1. The van der Waals surface area contributed by atoms with Gasteiger partial charge in [0.1, 0.15) is 0 Å². The van der Waals surface area contributed by atoms with E-state index in [4.69, 9.17) is 4.74 Å². The monoisotopic (exact) mass is 199 g/mol. The summed E-state index contributed by atoms with van der Waals surface area (Å²) in [6.45, 7) is 5.72. The van der Waals surface area contributed by atoms with Gasteiger partial charge < -0.3 is 10.1 Å². The Kier molecular flexibility index (Phi) is 5.49. The van der Waals surface area contributed by atoms with Gasteiger partial charge in [0.25, 0.3) is 0 Å². The maximum absolute atomic E-state index is 5.46. The van der Waals surface area contributed by atoms with Gasteiger partial charge in [-0.2, -0.15) is 0 Å². The molecule has 0 amide bonds. The first-order valence-electron chi connectivity index (χ1n) is 6.07. The minimum Gasteiger partial charge on any atom is -0.380 e. The predicted molar refractivity (Wildman–Crippen MR) is 60.5 cm³/mol. The third kappa shape index (κ3) is 3.25. The van der Waals surface area contributed by atoms with Crippen LogP contribution in [0.4, 0.5) is 0 Å². The summed E-state index contributed by atoms with van der Waals surface area (Å²) in [7, 11) is 1.84. The molecule has 1 N–H and O–H groups in total. The lowest BCUT2D eigenvalue weighted by atomic mass is 10.0. The molecule has 0 aromatic carbocycles. The molecule has 1 fully saturated rings. The molecular weight excluding hydrogens is 174 g/mol. The summed E-state index contributed by atoms with van der Waals surface area (Å²) in [6, 6.07) is 0.612. The Morgan fingerprint density at radius 1 is 1.29 bits per heavy atom. The Balaban J connectivity index is 2.22. The second-order valence-corrected chi connectivity index (χ2v) is 4.40. The summed E-state index contributed by atoms with van der Waals surface area (Å²) in [4.78, 5) is 0. The van der Waals surface area contributed by atoms with E-state index in [-0.39, 0.29) is 0 Å². The average Bonchev–Trinajstić information content (AvgIpc) is 2.67. The third-order valence-corrected chi connectivity index (χ3v) is 3.58. The number of rotatable bonds is 6. The minimum absolute atomic E-state index is 0.462. The maximum atomic E-state index is 5.46. The van der Waals surface area contributed by atoms with E-state index in [1.807, 2.05) is 7.11 Å². The molecule has 2 unspecified atom stereocenters. The molecule has 2 atom stereocenters. The molecule has 0 aromatic heterocycles. The number of ether oxygens (including phenoxy) is 1. The molecule has 0 aromatic rings. The molecular formula is C12H25NO. The average molecular weight is 199 g/mol. The van der Waals surface area contributed by atoms with Gasteiger partial charge >= 0.3 is 0 Å². The normalized spacial score (nSPS) is 27.4. The van der Waals surface area contributed by atoms with Crippen LogP contribution in [0.1, 0.15) is 46.0 Å². The zero-order valence-corrected chi connectivity index (χ0v) is 9.88. The molecule has 0 bridgehead atoms. The van der Waals surface area contributed by atoms with Crippen LogP contribution in [0.15, 0.2) is 0 Å². The van der Waals surface area contributed by atoms with Crippen LogP contribution in [0.25, 0.3) is 0 Å². The van der Waals surface area contributed by atoms with Gasteiger partial charge in [-0.05, 0) is 31.7 Å². The molecule has 14 heavy (non-hydrogen) atoms. The minimum atomic E-state index is 0.462. The summed E-state index contributed by atoms with van der Waals surface area (Å²) >= 11 is 0. The number of nitrogens with one attached hydrogen (secondary N) is 1. The van der Waals surface area contributed by atoms with Crippen molar-refractivity contribution in [3.8, 4) is 0 Å². The molecule has 0 radical (unpaired) electrons. The van der Waals surface area contributed by atoms with E-state index in [0.29, 0.717) is 12.1 Å². The largest absolute Gasteiger partial charge is 0.380 e. The summed E-state index contributed by atoms with van der Waals surface area (Å²) in [6.07, 6.45) is 6.88. The standard InChI is InChI=1S/C12H25NO/c1-4-10(5-2)9-13-11-7-6-8-12(11)14-3/h10-13H,4-9H2,1-3H3. The third-order valence-electron chi connectivity index (χ3n) is 3.58. The molecule has 0 spiro atoms. The first-order chi connectivity index (χ1) is 6.81. The Morgan fingerprint density at radius 2 is 2.00 bits per heavy atom. The molecule has 0 aliphatic heterocycles. The topological polar surface area (TPSA) is 21.3 Å². The van der Waals surface area contributed by atoms with Crippen molar-refractivity contribution < 1.29 is 4.74 Å². The summed E-state index contributed by atoms with van der Waals surface area (Å²) < 4.78 is 5.46. The van der Waals surface area contributed by atoms with E-state index in [9.17, 15) is 0 Å². The first kappa shape index (κ1) is 12.0. The fourth-order valence-corrected chi connectivity index (χ4v) is 2.34. The van der Waals surface area contributed by atoms with E-state index >= 15 is 0 Å². The number of hydrogen-bond acceptors (Lipinski definition) is 2. The Morgan fingerprint density at radius 3 is 2.57 bits per heavy atom. The van der Waals surface area contributed by atoms with Gasteiger partial charge in [0.2, 0.25) is 0 Å². The molecule has 1 aliphatic carbocycles. The maximum Gasteiger partial charge on any atom is 0.0724 e. The quantitative estimate of drug-likeness (QED) is 0.710. The highest BCUT2D eigenvalue weighted by Crippen LogP contribution is 2.21. The van der Waals surface area contributed by atoms with E-state index in [0.717, 1.165) is 12.5 Å². The lowest BCUT2D eigenvalue weighted by Gasteiger charge is -2.22. The fourth-order valence-electron chi connectivity index (χ4n) is 2.34. The van der Waals surface area contributed by atoms with Gasteiger partial charge in [-0.15, -0.1) is 0 Å². The van der Waals surface area contributed by atoms with Crippen molar-refractivity contribution >= 4 is 0 Å². The van der Waals surface area contributed by atoms with Crippen LogP contribution in [0.2, 0.25) is 0 Å². The van der Waals surface area contributed by atoms with Crippen LogP contribution < -0.4 is 5.32 Å². The highest BCUT2D eigenvalue weighted by molar-refractivity contribution is 4.84. The van der Waals surface area contributed by atoms with E-state index in [2.05, 4.69) is 19.2 Å². The van der Waals surface area contributed by atoms with Crippen LogP contribution in [0.5, 0.6) is 0 Å². The molecule has 2 heteroatoms. The van der Waals surface area contributed by atoms with Crippen LogP contribution >= 0.6 is 0 Å². The molecule has 1 aliphatic rings. The smallest absolute Gasteiger partial charge is 0.0724 e. The van der Waals surface area contributed by atoms with Crippen LogP contribution in [0.3, 0.4) is 0 Å². The van der Waals surface area contributed by atoms with E-state index in [1.165, 1.54) is 32.1 Å². The van der Waals surface area contributed by atoms with Crippen molar-refractivity contribution in [1.82, 2.24) is 5.32 Å². The van der Waals surface area contributed by atoms with Crippen molar-refractivity contribution in [2.24, 2.45) is 5.92 Å². The van der Waals surface area contributed by atoms with Crippen LogP contribution in [-0.4, -0.2) is 25.8 Å².